The van der Waals surface area contributed by atoms with E-state index < -0.39 is 10.6 Å². The number of nitrogens with two attached hydrogens (primary N) is 1. The van der Waals surface area contributed by atoms with Crippen molar-refractivity contribution in [3.8, 4) is 0 Å². The van der Waals surface area contributed by atoms with E-state index in [1.54, 1.807) is 0 Å². The smallest absolute Gasteiger partial charge is 0.0502 e. The Labute approximate surface area is 111 Å². The minimum absolute atomic E-state index is 0.505. The van der Waals surface area contributed by atoms with E-state index in [0.717, 1.165) is 26.2 Å². The molecule has 0 amide bonds. The van der Waals surface area contributed by atoms with Gasteiger partial charge in [-0.1, -0.05) is 13.8 Å². The monoisotopic (exact) mass is 282 g/mol. The van der Waals surface area contributed by atoms with Gasteiger partial charge in [0.1, 0.15) is 0 Å². The average Bonchev–Trinajstić information content (AvgIpc) is 2.27. The summed E-state index contributed by atoms with van der Waals surface area (Å²) in [5, 5.41) is 0. The van der Waals surface area contributed by atoms with E-state index in [1.807, 2.05) is 11.8 Å². The molecule has 2 rings (SSSR count). The first kappa shape index (κ1) is 15.6. The van der Waals surface area contributed by atoms with Crippen molar-refractivity contribution < 1.29 is 9.11 Å². The van der Waals surface area contributed by atoms with Crippen LogP contribution in [0.2, 0.25) is 0 Å². The Hall–Kier alpha value is 0.540. The topological polar surface area (TPSA) is 69.7 Å². The second-order valence-electron chi connectivity index (χ2n) is 5.15. The zero-order valence-electron chi connectivity index (χ0n) is 10.9. The Kier molecular flexibility index (Phi) is 6.09. The van der Waals surface area contributed by atoms with Crippen LogP contribution < -0.4 is 5.73 Å². The number of hydrogen-bond acceptors (Lipinski definition) is 5. The first-order valence-electron chi connectivity index (χ1n) is 6.14. The van der Waals surface area contributed by atoms with Crippen LogP contribution in [-0.2, 0) is 0 Å². The van der Waals surface area contributed by atoms with Crippen molar-refractivity contribution >= 4 is 22.4 Å². The van der Waals surface area contributed by atoms with Gasteiger partial charge in [0.05, 0.1) is 11.5 Å². The molecule has 17 heavy (non-hydrogen) atoms. The molecule has 2 fully saturated rings. The predicted molar refractivity (Wildman–Crippen MR) is 79.2 cm³/mol. The van der Waals surface area contributed by atoms with Crippen LogP contribution in [-0.4, -0.2) is 63.2 Å². The van der Waals surface area contributed by atoms with E-state index in [9.17, 15) is 9.11 Å². The van der Waals surface area contributed by atoms with E-state index in [-0.39, 0.29) is 0 Å². The lowest BCUT2D eigenvalue weighted by Crippen LogP contribution is -2.39. The molecule has 0 saturated carbocycles. The molecule has 0 unspecified atom stereocenters. The summed E-state index contributed by atoms with van der Waals surface area (Å²) in [6.07, 6.45) is 0. The molecule has 6 heteroatoms. The first-order chi connectivity index (χ1) is 7.91. The van der Waals surface area contributed by atoms with E-state index in [1.165, 1.54) is 11.5 Å². The van der Waals surface area contributed by atoms with Gasteiger partial charge in [-0.25, -0.2) is 0 Å². The second kappa shape index (κ2) is 6.63. The zero-order chi connectivity index (χ0) is 12.9. The molecule has 0 bridgehead atoms. The highest BCUT2D eigenvalue weighted by Crippen LogP contribution is 2.40. The Morgan fingerprint density at radius 3 is 2.06 bits per heavy atom. The Bertz CT molecular complexity index is 220. The molecule has 4 N–H and O–H groups in total. The molecule has 0 aromatic rings. The van der Waals surface area contributed by atoms with Crippen molar-refractivity contribution in [1.82, 2.24) is 4.90 Å². The SMILES string of the molecule is CC1(CN)CSC1.CCN1CCS(O)(O)CC1. The van der Waals surface area contributed by atoms with Gasteiger partial charge in [-0.05, 0) is 18.5 Å². The lowest BCUT2D eigenvalue weighted by Gasteiger charge is -2.40. The first-order valence-corrected chi connectivity index (χ1v) is 9.18. The molecule has 0 spiro atoms. The van der Waals surface area contributed by atoms with Gasteiger partial charge in [0.2, 0.25) is 0 Å². The molecule has 2 aliphatic heterocycles. The fourth-order valence-corrected chi connectivity index (χ4v) is 4.09. The molecule has 2 saturated heterocycles. The lowest BCUT2D eigenvalue weighted by molar-refractivity contribution is 0.300. The Morgan fingerprint density at radius 2 is 1.82 bits per heavy atom. The minimum atomic E-state index is -2.17. The van der Waals surface area contributed by atoms with Crippen LogP contribution in [0.25, 0.3) is 0 Å². The molecule has 2 heterocycles. The van der Waals surface area contributed by atoms with E-state index in [0.29, 0.717) is 16.9 Å². The number of hydrogen-bond donors (Lipinski definition) is 3. The molecule has 0 radical (unpaired) electrons. The van der Waals surface area contributed by atoms with Gasteiger partial charge >= 0.3 is 0 Å². The summed E-state index contributed by atoms with van der Waals surface area (Å²) in [7, 11) is -2.17. The van der Waals surface area contributed by atoms with Gasteiger partial charge in [0.25, 0.3) is 0 Å². The van der Waals surface area contributed by atoms with Crippen LogP contribution in [0.5, 0.6) is 0 Å². The van der Waals surface area contributed by atoms with Gasteiger partial charge in [-0.15, -0.1) is 0 Å². The van der Waals surface area contributed by atoms with Crippen LogP contribution in [0.15, 0.2) is 0 Å². The van der Waals surface area contributed by atoms with Gasteiger partial charge in [0.15, 0.2) is 0 Å². The highest BCUT2D eigenvalue weighted by Gasteiger charge is 2.30. The summed E-state index contributed by atoms with van der Waals surface area (Å²) in [5.74, 6) is 3.68. The molecule has 0 aliphatic carbocycles. The van der Waals surface area contributed by atoms with Gasteiger partial charge in [0, 0.05) is 24.6 Å². The third-order valence-corrected chi connectivity index (χ3v) is 6.78. The molecular weight excluding hydrogens is 256 g/mol. The van der Waals surface area contributed by atoms with Crippen molar-refractivity contribution in [1.29, 1.82) is 0 Å². The third-order valence-electron chi connectivity index (χ3n) is 3.31. The van der Waals surface area contributed by atoms with Crippen LogP contribution in [0.1, 0.15) is 13.8 Å². The molecule has 4 nitrogen and oxygen atoms in total. The highest BCUT2D eigenvalue weighted by molar-refractivity contribution is 8.24. The molecule has 0 aromatic carbocycles. The number of thioether (sulfide) groups is 1. The van der Waals surface area contributed by atoms with Crippen molar-refractivity contribution in [3.05, 3.63) is 0 Å². The maximum absolute atomic E-state index is 9.20. The standard InChI is InChI=1S/C6H15NO2S.C5H11NS/c1-2-7-3-5-10(8,9)6-4-7;1-5(2-6)3-7-4-5/h8-9H,2-6H2,1H3;2-4,6H2,1H3. The minimum Gasteiger partial charge on any atom is -0.330 e. The molecule has 2 aliphatic rings. The van der Waals surface area contributed by atoms with E-state index in [4.69, 9.17) is 5.73 Å². The number of rotatable bonds is 2. The quantitative estimate of drug-likeness (QED) is 0.720. The van der Waals surface area contributed by atoms with Crippen molar-refractivity contribution in [2.45, 2.75) is 13.8 Å². The Balaban J connectivity index is 0.000000181. The highest BCUT2D eigenvalue weighted by atomic mass is 32.3. The van der Waals surface area contributed by atoms with Crippen molar-refractivity contribution in [2.75, 3.05) is 49.2 Å². The van der Waals surface area contributed by atoms with Crippen molar-refractivity contribution in [2.24, 2.45) is 11.1 Å². The summed E-state index contributed by atoms with van der Waals surface area (Å²) in [6.45, 7) is 7.91. The zero-order valence-corrected chi connectivity index (χ0v) is 12.5. The summed E-state index contributed by atoms with van der Waals surface area (Å²) in [4.78, 5) is 2.23. The fourth-order valence-electron chi connectivity index (χ4n) is 1.65. The molecule has 0 aromatic heterocycles. The van der Waals surface area contributed by atoms with Crippen LogP contribution >= 0.6 is 22.4 Å². The molecular formula is C11H26N2O2S2. The average molecular weight is 282 g/mol. The largest absolute Gasteiger partial charge is 0.330 e. The summed E-state index contributed by atoms with van der Waals surface area (Å²) < 4.78 is 18.4. The maximum Gasteiger partial charge on any atom is 0.0502 e. The van der Waals surface area contributed by atoms with Crippen LogP contribution in [0.3, 0.4) is 0 Å². The van der Waals surface area contributed by atoms with Gasteiger partial charge in [-0.2, -0.15) is 22.4 Å². The maximum atomic E-state index is 9.20. The normalized spacial score (nSPS) is 28.5. The fraction of sp³-hybridized carbons (Fsp3) is 1.00. The second-order valence-corrected chi connectivity index (χ2v) is 8.56. The van der Waals surface area contributed by atoms with Crippen molar-refractivity contribution in [3.63, 3.8) is 0 Å². The van der Waals surface area contributed by atoms with Gasteiger partial charge < -0.3 is 10.6 Å². The predicted octanol–water partition coefficient (Wildman–Crippen LogP) is 1.77. The molecule has 0 atom stereocenters. The molecule has 104 valence electrons. The van der Waals surface area contributed by atoms with Crippen LogP contribution in [0, 0.1) is 5.41 Å². The summed E-state index contributed by atoms with van der Waals surface area (Å²) in [5.41, 5.74) is 5.96. The summed E-state index contributed by atoms with van der Waals surface area (Å²) >= 11 is 1.99. The van der Waals surface area contributed by atoms with Crippen LogP contribution in [0.4, 0.5) is 0 Å². The van der Waals surface area contributed by atoms with E-state index in [2.05, 4.69) is 18.7 Å². The Morgan fingerprint density at radius 1 is 1.29 bits per heavy atom. The number of nitrogens with zero attached hydrogens (tertiary/aromatic N) is 1. The van der Waals surface area contributed by atoms with Gasteiger partial charge in [-0.3, -0.25) is 9.11 Å². The van der Waals surface area contributed by atoms with E-state index >= 15 is 0 Å². The summed E-state index contributed by atoms with van der Waals surface area (Å²) in [6, 6.07) is 0. The lowest BCUT2D eigenvalue weighted by atomic mass is 9.96. The third kappa shape index (κ3) is 5.36.